The van der Waals surface area contributed by atoms with Crippen molar-refractivity contribution >= 4 is 27.4 Å². The summed E-state index contributed by atoms with van der Waals surface area (Å²) in [6, 6.07) is 2.05. The van der Waals surface area contributed by atoms with Crippen LogP contribution in [0.25, 0.3) is 10.2 Å². The van der Waals surface area contributed by atoms with Gasteiger partial charge in [-0.3, -0.25) is 9.69 Å². The van der Waals surface area contributed by atoms with E-state index in [0.717, 1.165) is 72.4 Å². The van der Waals surface area contributed by atoms with Crippen molar-refractivity contribution in [2.24, 2.45) is 0 Å². The first-order valence-electron chi connectivity index (χ1n) is 10.4. The molecule has 0 radical (unpaired) electrons. The zero-order valence-electron chi connectivity index (χ0n) is 17.0. The number of hydrogen-bond donors (Lipinski definition) is 1. The van der Waals surface area contributed by atoms with E-state index in [-0.39, 0.29) is 5.56 Å². The van der Waals surface area contributed by atoms with Gasteiger partial charge in [0, 0.05) is 42.8 Å². The van der Waals surface area contributed by atoms with Gasteiger partial charge in [-0.05, 0) is 45.1 Å². The molecule has 3 aromatic rings. The van der Waals surface area contributed by atoms with Crippen molar-refractivity contribution < 1.29 is 0 Å². The van der Waals surface area contributed by atoms with Crippen molar-refractivity contribution in [1.82, 2.24) is 24.8 Å². The van der Waals surface area contributed by atoms with Crippen molar-refractivity contribution in [2.45, 2.75) is 46.1 Å². The molecule has 7 nitrogen and oxygen atoms in total. The molecule has 8 heteroatoms. The Labute approximate surface area is 173 Å². The zero-order valence-corrected chi connectivity index (χ0v) is 17.8. The van der Waals surface area contributed by atoms with E-state index in [1.807, 2.05) is 19.9 Å². The molecule has 1 aliphatic carbocycles. The first-order valence-corrected chi connectivity index (χ1v) is 11.2. The van der Waals surface area contributed by atoms with E-state index >= 15 is 0 Å². The zero-order chi connectivity index (χ0) is 20.0. The lowest BCUT2D eigenvalue weighted by Gasteiger charge is -2.35. The first-order chi connectivity index (χ1) is 14.1. The third kappa shape index (κ3) is 3.67. The van der Waals surface area contributed by atoms with Crippen LogP contribution in [0.3, 0.4) is 0 Å². The van der Waals surface area contributed by atoms with Crippen molar-refractivity contribution in [3.63, 3.8) is 0 Å². The Morgan fingerprint density at radius 3 is 2.66 bits per heavy atom. The van der Waals surface area contributed by atoms with Crippen molar-refractivity contribution in [1.29, 1.82) is 0 Å². The normalized spacial score (nSPS) is 17.7. The smallest absolute Gasteiger partial charge is 0.259 e. The highest BCUT2D eigenvalue weighted by molar-refractivity contribution is 7.18. The monoisotopic (exact) mass is 410 g/mol. The van der Waals surface area contributed by atoms with Crippen LogP contribution in [0.15, 0.2) is 10.9 Å². The summed E-state index contributed by atoms with van der Waals surface area (Å²) in [5, 5.41) is 0.841. The van der Waals surface area contributed by atoms with Gasteiger partial charge in [0.05, 0.1) is 11.9 Å². The Hall–Kier alpha value is -2.32. The Morgan fingerprint density at radius 2 is 1.86 bits per heavy atom. The van der Waals surface area contributed by atoms with Crippen molar-refractivity contribution in [3.05, 3.63) is 44.2 Å². The molecule has 152 valence electrons. The second kappa shape index (κ2) is 7.50. The minimum Gasteiger partial charge on any atom is -0.354 e. The second-order valence-electron chi connectivity index (χ2n) is 8.08. The SMILES string of the molecule is Cc1cc(N2CCN(Cc3nc4sc5c(c4c(=O)[nH]3)CCCC5)CC2)nc(C)n1. The molecular weight excluding hydrogens is 384 g/mol. The number of thiophene rings is 1. The van der Waals surface area contributed by atoms with E-state index in [2.05, 4.69) is 24.8 Å². The predicted octanol–water partition coefficient (Wildman–Crippen LogP) is 2.59. The molecule has 0 atom stereocenters. The number of rotatable bonds is 3. The maximum atomic E-state index is 12.7. The summed E-state index contributed by atoms with van der Waals surface area (Å²) in [5.41, 5.74) is 2.29. The lowest BCUT2D eigenvalue weighted by atomic mass is 9.97. The van der Waals surface area contributed by atoms with Crippen LogP contribution in [0, 0.1) is 13.8 Å². The van der Waals surface area contributed by atoms with E-state index in [4.69, 9.17) is 4.98 Å². The summed E-state index contributed by atoms with van der Waals surface area (Å²) in [6.45, 7) is 8.30. The van der Waals surface area contributed by atoms with E-state index in [9.17, 15) is 4.79 Å². The lowest BCUT2D eigenvalue weighted by molar-refractivity contribution is 0.243. The van der Waals surface area contributed by atoms with E-state index in [1.54, 1.807) is 11.3 Å². The summed E-state index contributed by atoms with van der Waals surface area (Å²) in [7, 11) is 0. The predicted molar refractivity (Wildman–Crippen MR) is 116 cm³/mol. The van der Waals surface area contributed by atoms with Gasteiger partial charge in [0.1, 0.15) is 22.3 Å². The number of nitrogens with one attached hydrogen (secondary N) is 1. The lowest BCUT2D eigenvalue weighted by Crippen LogP contribution is -2.46. The fourth-order valence-electron chi connectivity index (χ4n) is 4.49. The summed E-state index contributed by atoms with van der Waals surface area (Å²) < 4.78 is 0. The molecule has 0 amide bonds. The number of aromatic amines is 1. The molecule has 1 fully saturated rings. The molecule has 1 saturated heterocycles. The molecule has 0 saturated carbocycles. The molecule has 0 unspecified atom stereocenters. The van der Waals surface area contributed by atoms with Gasteiger partial charge in [0.2, 0.25) is 0 Å². The highest BCUT2D eigenvalue weighted by Crippen LogP contribution is 2.33. The molecule has 3 aromatic heterocycles. The van der Waals surface area contributed by atoms with Crippen LogP contribution in [0.1, 0.15) is 40.6 Å². The molecule has 29 heavy (non-hydrogen) atoms. The largest absolute Gasteiger partial charge is 0.354 e. The number of nitrogens with zero attached hydrogens (tertiary/aromatic N) is 5. The van der Waals surface area contributed by atoms with Gasteiger partial charge in [0.15, 0.2) is 0 Å². The Kier molecular flexibility index (Phi) is 4.83. The van der Waals surface area contributed by atoms with Gasteiger partial charge in [-0.15, -0.1) is 11.3 Å². The molecule has 0 aromatic carbocycles. The van der Waals surface area contributed by atoms with E-state index in [0.29, 0.717) is 6.54 Å². The van der Waals surface area contributed by atoms with Gasteiger partial charge < -0.3 is 9.88 Å². The fraction of sp³-hybridized carbons (Fsp3) is 0.524. The average molecular weight is 411 g/mol. The highest BCUT2D eigenvalue weighted by Gasteiger charge is 2.22. The third-order valence-electron chi connectivity index (χ3n) is 5.90. The van der Waals surface area contributed by atoms with Gasteiger partial charge in [-0.2, -0.15) is 0 Å². The third-order valence-corrected chi connectivity index (χ3v) is 7.08. The maximum absolute atomic E-state index is 12.7. The van der Waals surface area contributed by atoms with Crippen LogP contribution in [0.5, 0.6) is 0 Å². The van der Waals surface area contributed by atoms with E-state index in [1.165, 1.54) is 23.3 Å². The topological polar surface area (TPSA) is 78.0 Å². The van der Waals surface area contributed by atoms with Gasteiger partial charge in [-0.25, -0.2) is 15.0 Å². The minimum absolute atomic E-state index is 0.0370. The summed E-state index contributed by atoms with van der Waals surface area (Å²) in [5.74, 6) is 2.60. The molecule has 4 heterocycles. The van der Waals surface area contributed by atoms with Gasteiger partial charge >= 0.3 is 0 Å². The first kappa shape index (κ1) is 18.7. The Balaban J connectivity index is 1.30. The molecule has 1 aliphatic heterocycles. The quantitative estimate of drug-likeness (QED) is 0.715. The van der Waals surface area contributed by atoms with Crippen LogP contribution >= 0.6 is 11.3 Å². The minimum atomic E-state index is 0.0370. The van der Waals surface area contributed by atoms with Gasteiger partial charge in [0.25, 0.3) is 5.56 Å². The average Bonchev–Trinajstić information content (AvgIpc) is 3.06. The number of H-pyrrole nitrogens is 1. The standard InChI is InChI=1S/C21H26N6OS/c1-13-11-18(23-14(2)22-13)27-9-7-26(8-10-27)12-17-24-20(28)19-15-5-3-4-6-16(15)29-21(19)25-17/h11H,3-10,12H2,1-2H3,(H,24,25,28). The molecule has 1 N–H and O–H groups in total. The Morgan fingerprint density at radius 1 is 1.07 bits per heavy atom. The second-order valence-corrected chi connectivity index (χ2v) is 9.17. The molecule has 0 bridgehead atoms. The van der Waals surface area contributed by atoms with Crippen LogP contribution < -0.4 is 10.5 Å². The van der Waals surface area contributed by atoms with Gasteiger partial charge in [-0.1, -0.05) is 0 Å². The fourth-order valence-corrected chi connectivity index (χ4v) is 5.77. The van der Waals surface area contributed by atoms with Crippen LogP contribution in [-0.4, -0.2) is 51.0 Å². The Bertz CT molecular complexity index is 1090. The van der Waals surface area contributed by atoms with Crippen LogP contribution in [0.2, 0.25) is 0 Å². The number of aromatic nitrogens is 4. The van der Waals surface area contributed by atoms with Crippen LogP contribution in [0.4, 0.5) is 5.82 Å². The number of fused-ring (bicyclic) bond motifs is 3. The summed E-state index contributed by atoms with van der Waals surface area (Å²) in [4.78, 5) is 36.5. The summed E-state index contributed by atoms with van der Waals surface area (Å²) in [6.07, 6.45) is 4.51. The van der Waals surface area contributed by atoms with Crippen molar-refractivity contribution in [2.75, 3.05) is 31.1 Å². The molecule has 0 spiro atoms. The molecule has 5 rings (SSSR count). The molecular formula is C21H26N6OS. The van der Waals surface area contributed by atoms with Crippen LogP contribution in [-0.2, 0) is 19.4 Å². The van der Waals surface area contributed by atoms with Crippen molar-refractivity contribution in [3.8, 4) is 0 Å². The maximum Gasteiger partial charge on any atom is 0.259 e. The number of hydrogen-bond acceptors (Lipinski definition) is 7. The molecule has 2 aliphatic rings. The number of piperazine rings is 1. The summed E-state index contributed by atoms with van der Waals surface area (Å²) >= 11 is 1.72. The highest BCUT2D eigenvalue weighted by atomic mass is 32.1. The van der Waals surface area contributed by atoms with E-state index < -0.39 is 0 Å². The number of aryl methyl sites for hydroxylation is 4. The number of anilines is 1.